The Morgan fingerprint density at radius 2 is 1.83 bits per heavy atom. The average Bonchev–Trinajstić information content (AvgIpc) is 2.81. The number of amides is 1. The lowest BCUT2D eigenvalue weighted by Crippen LogP contribution is -2.21. The summed E-state index contributed by atoms with van der Waals surface area (Å²) >= 11 is 0. The molecule has 1 fully saturated rings. The van der Waals surface area contributed by atoms with Crippen LogP contribution in [0.1, 0.15) is 25.7 Å². The highest BCUT2D eigenvalue weighted by Crippen LogP contribution is 2.27. The Morgan fingerprint density at radius 1 is 1.22 bits per heavy atom. The van der Waals surface area contributed by atoms with Crippen molar-refractivity contribution < 1.29 is 13.2 Å². The van der Waals surface area contributed by atoms with E-state index in [0.29, 0.717) is 5.69 Å². The van der Waals surface area contributed by atoms with Crippen LogP contribution in [-0.4, -0.2) is 20.6 Å². The highest BCUT2D eigenvalue weighted by Gasteiger charge is 2.24. The minimum absolute atomic E-state index is 0.0256. The Bertz CT molecular complexity index is 545. The van der Waals surface area contributed by atoms with Crippen molar-refractivity contribution in [2.24, 2.45) is 5.92 Å². The molecular weight excluding hydrogens is 250 g/mol. The van der Waals surface area contributed by atoms with Crippen molar-refractivity contribution in [2.45, 2.75) is 30.6 Å². The van der Waals surface area contributed by atoms with Crippen LogP contribution in [-0.2, 0) is 14.6 Å². The number of anilines is 1. The Hall–Kier alpha value is -1.36. The molecule has 1 saturated carbocycles. The lowest BCUT2D eigenvalue weighted by molar-refractivity contribution is -0.119. The molecule has 1 aliphatic carbocycles. The molecule has 1 amide bonds. The van der Waals surface area contributed by atoms with E-state index in [1.165, 1.54) is 6.07 Å². The van der Waals surface area contributed by atoms with E-state index < -0.39 is 9.84 Å². The highest BCUT2D eigenvalue weighted by atomic mass is 32.2. The average molecular weight is 267 g/mol. The van der Waals surface area contributed by atoms with Crippen molar-refractivity contribution in [3.63, 3.8) is 0 Å². The summed E-state index contributed by atoms with van der Waals surface area (Å²) in [5.74, 6) is -0.0405. The van der Waals surface area contributed by atoms with E-state index in [4.69, 9.17) is 0 Å². The second kappa shape index (κ2) is 5.10. The SMILES string of the molecule is CS(=O)(=O)c1ccccc1NC(=O)C1CCCC1. The van der Waals surface area contributed by atoms with Crippen LogP contribution >= 0.6 is 0 Å². The van der Waals surface area contributed by atoms with Gasteiger partial charge in [0.1, 0.15) is 0 Å². The fourth-order valence-electron chi connectivity index (χ4n) is 2.32. The van der Waals surface area contributed by atoms with Crippen LogP contribution < -0.4 is 5.32 Å². The molecule has 4 nitrogen and oxygen atoms in total. The fourth-order valence-corrected chi connectivity index (χ4v) is 3.16. The molecule has 0 unspecified atom stereocenters. The van der Waals surface area contributed by atoms with Gasteiger partial charge in [-0.15, -0.1) is 0 Å². The van der Waals surface area contributed by atoms with Crippen molar-refractivity contribution in [1.29, 1.82) is 0 Å². The van der Waals surface area contributed by atoms with Gasteiger partial charge in [-0.25, -0.2) is 8.42 Å². The molecule has 1 N–H and O–H groups in total. The second-order valence-corrected chi connectivity index (χ2v) is 6.72. The third-order valence-corrected chi connectivity index (χ3v) is 4.43. The molecule has 1 aromatic rings. The predicted molar refractivity (Wildman–Crippen MR) is 70.1 cm³/mol. The summed E-state index contributed by atoms with van der Waals surface area (Å²) in [5, 5.41) is 2.74. The normalized spacial score (nSPS) is 16.7. The van der Waals surface area contributed by atoms with E-state index >= 15 is 0 Å². The maximum Gasteiger partial charge on any atom is 0.227 e. The van der Waals surface area contributed by atoms with Crippen LogP contribution in [0.25, 0.3) is 0 Å². The Labute approximate surface area is 107 Å². The zero-order valence-electron chi connectivity index (χ0n) is 10.3. The number of carbonyl (C=O) groups excluding carboxylic acids is 1. The van der Waals surface area contributed by atoms with Crippen LogP contribution in [0, 0.1) is 5.92 Å². The molecule has 1 aromatic carbocycles. The van der Waals surface area contributed by atoms with Gasteiger partial charge in [0.2, 0.25) is 5.91 Å². The Kier molecular flexibility index (Phi) is 3.71. The van der Waals surface area contributed by atoms with Crippen molar-refractivity contribution in [2.75, 3.05) is 11.6 Å². The van der Waals surface area contributed by atoms with E-state index in [9.17, 15) is 13.2 Å². The second-order valence-electron chi connectivity index (χ2n) is 4.74. The van der Waals surface area contributed by atoms with Gasteiger partial charge in [0, 0.05) is 12.2 Å². The molecule has 0 aliphatic heterocycles. The van der Waals surface area contributed by atoms with Gasteiger partial charge in [-0.2, -0.15) is 0 Å². The molecule has 0 saturated heterocycles. The first-order valence-corrected chi connectivity index (χ1v) is 7.97. The molecule has 0 bridgehead atoms. The van der Waals surface area contributed by atoms with E-state index in [1.54, 1.807) is 18.2 Å². The van der Waals surface area contributed by atoms with Crippen molar-refractivity contribution in [3.05, 3.63) is 24.3 Å². The lowest BCUT2D eigenvalue weighted by Gasteiger charge is -2.12. The molecule has 98 valence electrons. The van der Waals surface area contributed by atoms with Crippen molar-refractivity contribution in [1.82, 2.24) is 0 Å². The summed E-state index contributed by atoms with van der Waals surface area (Å²) in [5.41, 5.74) is 0.386. The molecule has 0 heterocycles. The number of hydrogen-bond acceptors (Lipinski definition) is 3. The predicted octanol–water partition coefficient (Wildman–Crippen LogP) is 2.22. The molecule has 18 heavy (non-hydrogen) atoms. The molecule has 2 rings (SSSR count). The molecule has 5 heteroatoms. The maximum absolute atomic E-state index is 12.0. The maximum atomic E-state index is 12.0. The lowest BCUT2D eigenvalue weighted by atomic mass is 10.1. The number of carbonyl (C=O) groups is 1. The molecule has 1 aliphatic rings. The smallest absolute Gasteiger partial charge is 0.227 e. The third kappa shape index (κ3) is 2.90. The number of benzene rings is 1. The van der Waals surface area contributed by atoms with Crippen LogP contribution in [0.3, 0.4) is 0 Å². The first-order chi connectivity index (χ1) is 8.48. The minimum Gasteiger partial charge on any atom is -0.325 e. The minimum atomic E-state index is -3.32. The van der Waals surface area contributed by atoms with E-state index in [0.717, 1.165) is 31.9 Å². The molecule has 0 aromatic heterocycles. The Balaban J connectivity index is 2.21. The van der Waals surface area contributed by atoms with Crippen molar-refractivity contribution in [3.8, 4) is 0 Å². The van der Waals surface area contributed by atoms with Crippen LogP contribution in [0.5, 0.6) is 0 Å². The van der Waals surface area contributed by atoms with E-state index in [2.05, 4.69) is 5.32 Å². The quantitative estimate of drug-likeness (QED) is 0.913. The van der Waals surface area contributed by atoms with Gasteiger partial charge in [-0.05, 0) is 25.0 Å². The summed E-state index contributed by atoms with van der Waals surface area (Å²) in [4.78, 5) is 12.2. The van der Waals surface area contributed by atoms with Gasteiger partial charge in [-0.1, -0.05) is 25.0 Å². The summed E-state index contributed by atoms with van der Waals surface area (Å²) in [6.45, 7) is 0. The third-order valence-electron chi connectivity index (χ3n) is 3.27. The zero-order valence-corrected chi connectivity index (χ0v) is 11.2. The largest absolute Gasteiger partial charge is 0.325 e. The number of para-hydroxylation sites is 1. The van der Waals surface area contributed by atoms with Crippen LogP contribution in [0.15, 0.2) is 29.2 Å². The molecule has 0 atom stereocenters. The van der Waals surface area contributed by atoms with Gasteiger partial charge in [-0.3, -0.25) is 4.79 Å². The van der Waals surface area contributed by atoms with E-state index in [1.807, 2.05) is 0 Å². The zero-order chi connectivity index (χ0) is 13.2. The van der Waals surface area contributed by atoms with Crippen LogP contribution in [0.2, 0.25) is 0 Å². The summed E-state index contributed by atoms with van der Waals surface area (Å²) in [7, 11) is -3.32. The first-order valence-electron chi connectivity index (χ1n) is 6.08. The molecular formula is C13H17NO3S. The van der Waals surface area contributed by atoms with Gasteiger partial charge >= 0.3 is 0 Å². The molecule has 0 spiro atoms. The van der Waals surface area contributed by atoms with Crippen molar-refractivity contribution >= 4 is 21.4 Å². The monoisotopic (exact) mass is 267 g/mol. The fraction of sp³-hybridized carbons (Fsp3) is 0.462. The highest BCUT2D eigenvalue weighted by molar-refractivity contribution is 7.90. The van der Waals surface area contributed by atoms with Gasteiger partial charge in [0.15, 0.2) is 9.84 Å². The number of hydrogen-bond donors (Lipinski definition) is 1. The summed E-state index contributed by atoms with van der Waals surface area (Å²) in [6.07, 6.45) is 5.09. The Morgan fingerprint density at radius 3 is 2.44 bits per heavy atom. The van der Waals surface area contributed by atoms with Gasteiger partial charge in [0.05, 0.1) is 10.6 Å². The number of nitrogens with one attached hydrogen (secondary N) is 1. The van der Waals surface area contributed by atoms with E-state index in [-0.39, 0.29) is 16.7 Å². The van der Waals surface area contributed by atoms with Crippen LogP contribution in [0.4, 0.5) is 5.69 Å². The standard InChI is InChI=1S/C13H17NO3S/c1-18(16,17)12-9-5-4-8-11(12)14-13(15)10-6-2-3-7-10/h4-5,8-10H,2-3,6-7H2,1H3,(H,14,15). The number of rotatable bonds is 3. The summed E-state index contributed by atoms with van der Waals surface area (Å²) in [6, 6.07) is 6.52. The van der Waals surface area contributed by atoms with Gasteiger partial charge in [0.25, 0.3) is 0 Å². The molecule has 0 radical (unpaired) electrons. The first kappa shape index (κ1) is 13.1. The number of sulfone groups is 1. The summed E-state index contributed by atoms with van der Waals surface area (Å²) < 4.78 is 23.2. The van der Waals surface area contributed by atoms with Gasteiger partial charge < -0.3 is 5.32 Å². The topological polar surface area (TPSA) is 63.2 Å².